The van der Waals surface area contributed by atoms with Crippen molar-refractivity contribution in [3.63, 3.8) is 0 Å². The van der Waals surface area contributed by atoms with E-state index < -0.39 is 0 Å². The van der Waals surface area contributed by atoms with Gasteiger partial charge in [0.1, 0.15) is 12.2 Å². The van der Waals surface area contributed by atoms with E-state index in [9.17, 15) is 0 Å². The zero-order chi connectivity index (χ0) is 11.3. The smallest absolute Gasteiger partial charge is 0.149 e. The van der Waals surface area contributed by atoms with Crippen LogP contribution in [0.15, 0.2) is 6.33 Å². The predicted molar refractivity (Wildman–Crippen MR) is 64.8 cm³/mol. The zero-order valence-electron chi connectivity index (χ0n) is 9.68. The lowest BCUT2D eigenvalue weighted by atomic mass is 10.2. The minimum atomic E-state index is 0.0127. The fourth-order valence-corrected chi connectivity index (χ4v) is 1.95. The Morgan fingerprint density at radius 2 is 2.27 bits per heavy atom. The molecule has 0 aliphatic carbocycles. The van der Waals surface area contributed by atoms with E-state index >= 15 is 0 Å². The Bertz CT molecular complexity index is 285. The van der Waals surface area contributed by atoms with Crippen molar-refractivity contribution < 1.29 is 0 Å². The Morgan fingerprint density at radius 3 is 2.87 bits per heavy atom. The summed E-state index contributed by atoms with van der Waals surface area (Å²) >= 11 is 1.81. The van der Waals surface area contributed by atoms with Gasteiger partial charge in [-0.15, -0.1) is 10.2 Å². The molecule has 1 rings (SSSR count). The van der Waals surface area contributed by atoms with Crippen molar-refractivity contribution in [1.29, 1.82) is 0 Å². The first-order chi connectivity index (χ1) is 7.15. The van der Waals surface area contributed by atoms with E-state index in [1.807, 2.05) is 11.8 Å². The van der Waals surface area contributed by atoms with Crippen molar-refractivity contribution in [2.24, 2.45) is 11.7 Å². The topological polar surface area (TPSA) is 56.7 Å². The second-order valence-corrected chi connectivity index (χ2v) is 5.11. The van der Waals surface area contributed by atoms with Gasteiger partial charge in [0.2, 0.25) is 0 Å². The van der Waals surface area contributed by atoms with Crippen molar-refractivity contribution in [2.75, 3.05) is 12.0 Å². The first-order valence-electron chi connectivity index (χ1n) is 5.27. The summed E-state index contributed by atoms with van der Waals surface area (Å²) in [5.74, 6) is 2.57. The molecular weight excluding hydrogens is 208 g/mol. The normalized spacial score (nSPS) is 13.4. The number of nitrogens with zero attached hydrogens (tertiary/aromatic N) is 3. The fourth-order valence-electron chi connectivity index (χ4n) is 1.46. The lowest BCUT2D eigenvalue weighted by Gasteiger charge is -2.13. The van der Waals surface area contributed by atoms with Crippen molar-refractivity contribution in [2.45, 2.75) is 32.9 Å². The lowest BCUT2D eigenvalue weighted by molar-refractivity contribution is 0.486. The summed E-state index contributed by atoms with van der Waals surface area (Å²) in [6.45, 7) is 5.30. The number of aromatic nitrogens is 3. The summed E-state index contributed by atoms with van der Waals surface area (Å²) < 4.78 is 2.07. The highest BCUT2D eigenvalue weighted by atomic mass is 32.2. The molecule has 0 fully saturated rings. The van der Waals surface area contributed by atoms with E-state index in [0.717, 1.165) is 24.5 Å². The molecule has 1 atom stereocenters. The molecule has 0 spiro atoms. The van der Waals surface area contributed by atoms with Crippen LogP contribution in [0.4, 0.5) is 0 Å². The summed E-state index contributed by atoms with van der Waals surface area (Å²) in [5.41, 5.74) is 6.07. The van der Waals surface area contributed by atoms with Gasteiger partial charge in [0.25, 0.3) is 0 Å². The van der Waals surface area contributed by atoms with Gasteiger partial charge in [-0.05, 0) is 24.3 Å². The van der Waals surface area contributed by atoms with Crippen LogP contribution in [0.25, 0.3) is 0 Å². The van der Waals surface area contributed by atoms with Gasteiger partial charge in [-0.1, -0.05) is 13.8 Å². The standard InChI is InChI=1S/C10H20N4S/c1-8(2)6-14-7-12-13-10(14)9(11)4-5-15-3/h7-9H,4-6,11H2,1-3H3/t9-/m1/s1. The Labute approximate surface area is 95.6 Å². The summed E-state index contributed by atoms with van der Waals surface area (Å²) in [6.07, 6.45) is 4.82. The van der Waals surface area contributed by atoms with Crippen LogP contribution in [0.2, 0.25) is 0 Å². The van der Waals surface area contributed by atoms with Crippen molar-refractivity contribution in [1.82, 2.24) is 14.8 Å². The maximum atomic E-state index is 6.07. The van der Waals surface area contributed by atoms with Crippen LogP contribution < -0.4 is 5.73 Å². The quantitative estimate of drug-likeness (QED) is 0.805. The third-order valence-electron chi connectivity index (χ3n) is 2.17. The predicted octanol–water partition coefficient (Wildman–Crippen LogP) is 1.69. The highest BCUT2D eigenvalue weighted by Crippen LogP contribution is 2.14. The van der Waals surface area contributed by atoms with Crippen LogP contribution in [0.1, 0.15) is 32.1 Å². The molecule has 0 saturated carbocycles. The number of hydrogen-bond acceptors (Lipinski definition) is 4. The molecule has 0 bridgehead atoms. The van der Waals surface area contributed by atoms with E-state index in [-0.39, 0.29) is 6.04 Å². The molecule has 2 N–H and O–H groups in total. The van der Waals surface area contributed by atoms with Crippen molar-refractivity contribution in [3.8, 4) is 0 Å². The molecule has 0 aromatic carbocycles. The van der Waals surface area contributed by atoms with Gasteiger partial charge in [-0.2, -0.15) is 11.8 Å². The number of rotatable bonds is 6. The average molecular weight is 228 g/mol. The first kappa shape index (κ1) is 12.5. The summed E-state index contributed by atoms with van der Waals surface area (Å²) in [6, 6.07) is 0.0127. The van der Waals surface area contributed by atoms with Gasteiger partial charge < -0.3 is 10.3 Å². The first-order valence-corrected chi connectivity index (χ1v) is 6.66. The molecule has 4 nitrogen and oxygen atoms in total. The fraction of sp³-hybridized carbons (Fsp3) is 0.800. The van der Waals surface area contributed by atoms with Gasteiger partial charge in [0, 0.05) is 6.54 Å². The van der Waals surface area contributed by atoms with E-state index in [4.69, 9.17) is 5.73 Å². The molecule has 0 aliphatic rings. The molecule has 0 amide bonds. The minimum Gasteiger partial charge on any atom is -0.321 e. The van der Waals surface area contributed by atoms with Gasteiger partial charge in [0.05, 0.1) is 6.04 Å². The summed E-state index contributed by atoms with van der Waals surface area (Å²) in [4.78, 5) is 0. The van der Waals surface area contributed by atoms with Crippen LogP contribution in [0, 0.1) is 5.92 Å². The third kappa shape index (κ3) is 3.83. The molecule has 1 aromatic heterocycles. The van der Waals surface area contributed by atoms with Crippen LogP contribution in [0.3, 0.4) is 0 Å². The second kappa shape index (κ2) is 6.12. The molecular formula is C10H20N4S. The Kier molecular flexibility index (Phi) is 5.11. The second-order valence-electron chi connectivity index (χ2n) is 4.12. The van der Waals surface area contributed by atoms with Crippen molar-refractivity contribution in [3.05, 3.63) is 12.2 Å². The lowest BCUT2D eigenvalue weighted by Crippen LogP contribution is -2.18. The van der Waals surface area contributed by atoms with E-state index in [0.29, 0.717) is 5.92 Å². The zero-order valence-corrected chi connectivity index (χ0v) is 10.5. The third-order valence-corrected chi connectivity index (χ3v) is 2.82. The van der Waals surface area contributed by atoms with Crippen LogP contribution >= 0.6 is 11.8 Å². The van der Waals surface area contributed by atoms with Crippen LogP contribution in [-0.4, -0.2) is 26.8 Å². The van der Waals surface area contributed by atoms with Gasteiger partial charge >= 0.3 is 0 Å². The van der Waals surface area contributed by atoms with Crippen LogP contribution in [-0.2, 0) is 6.54 Å². The molecule has 1 heterocycles. The van der Waals surface area contributed by atoms with Gasteiger partial charge in [-0.3, -0.25) is 0 Å². The van der Waals surface area contributed by atoms with Crippen molar-refractivity contribution >= 4 is 11.8 Å². The Hall–Kier alpha value is -0.550. The molecule has 5 heteroatoms. The number of thioether (sulfide) groups is 1. The average Bonchev–Trinajstić information content (AvgIpc) is 2.61. The Morgan fingerprint density at radius 1 is 1.53 bits per heavy atom. The van der Waals surface area contributed by atoms with E-state index in [1.165, 1.54) is 0 Å². The maximum absolute atomic E-state index is 6.07. The largest absolute Gasteiger partial charge is 0.321 e. The number of nitrogens with two attached hydrogens (primary N) is 1. The molecule has 15 heavy (non-hydrogen) atoms. The SMILES string of the molecule is CSCC[C@@H](N)c1nncn1CC(C)C. The molecule has 0 aliphatic heterocycles. The highest BCUT2D eigenvalue weighted by molar-refractivity contribution is 7.98. The van der Waals surface area contributed by atoms with Gasteiger partial charge in [-0.25, -0.2) is 0 Å². The Balaban J connectivity index is 2.62. The maximum Gasteiger partial charge on any atom is 0.149 e. The molecule has 0 unspecified atom stereocenters. The van der Waals surface area contributed by atoms with E-state index in [1.54, 1.807) is 6.33 Å². The van der Waals surface area contributed by atoms with E-state index in [2.05, 4.69) is 34.9 Å². The number of hydrogen-bond donors (Lipinski definition) is 1. The highest BCUT2D eigenvalue weighted by Gasteiger charge is 2.13. The molecule has 0 saturated heterocycles. The summed E-state index contributed by atoms with van der Waals surface area (Å²) in [5, 5.41) is 8.03. The monoisotopic (exact) mass is 228 g/mol. The minimum absolute atomic E-state index is 0.0127. The molecule has 86 valence electrons. The van der Waals surface area contributed by atoms with Crippen LogP contribution in [0.5, 0.6) is 0 Å². The van der Waals surface area contributed by atoms with Gasteiger partial charge in [0.15, 0.2) is 0 Å². The summed E-state index contributed by atoms with van der Waals surface area (Å²) in [7, 11) is 0. The molecule has 0 radical (unpaired) electrons. The molecule has 1 aromatic rings.